The highest BCUT2D eigenvalue weighted by Gasteiger charge is 2.20. The van der Waals surface area contributed by atoms with Gasteiger partial charge in [-0.05, 0) is 108 Å². The molecular weight excluding hydrogens is 679 g/mol. The number of rotatable bonds is 6. The predicted molar refractivity (Wildman–Crippen MR) is 237 cm³/mol. The van der Waals surface area contributed by atoms with Crippen LogP contribution >= 0.6 is 0 Å². The highest BCUT2D eigenvalue weighted by molar-refractivity contribution is 6.14. The maximum absolute atomic E-state index is 6.70. The first-order valence-electron chi connectivity index (χ1n) is 19.2. The lowest BCUT2D eigenvalue weighted by molar-refractivity contribution is 0.632. The zero-order valence-corrected chi connectivity index (χ0v) is 30.6. The van der Waals surface area contributed by atoms with Gasteiger partial charge < -0.3 is 9.32 Å². The van der Waals surface area contributed by atoms with Crippen LogP contribution in [0, 0.1) is 0 Å². The summed E-state index contributed by atoms with van der Waals surface area (Å²) in [5.74, 6) is 0.864. The molecule has 0 aliphatic rings. The van der Waals surface area contributed by atoms with E-state index >= 15 is 0 Å². The maximum Gasteiger partial charge on any atom is 0.143 e. The van der Waals surface area contributed by atoms with E-state index in [4.69, 9.17) is 4.42 Å². The molecular formula is C54H35NO. The molecule has 0 spiro atoms. The molecule has 0 N–H and O–H groups in total. The molecule has 262 valence electrons. The van der Waals surface area contributed by atoms with Crippen molar-refractivity contribution in [1.29, 1.82) is 0 Å². The third kappa shape index (κ3) is 5.34. The molecule has 2 heteroatoms. The zero-order chi connectivity index (χ0) is 37.0. The van der Waals surface area contributed by atoms with Crippen LogP contribution in [0.1, 0.15) is 0 Å². The molecule has 1 heterocycles. The van der Waals surface area contributed by atoms with Crippen molar-refractivity contribution in [2.24, 2.45) is 0 Å². The van der Waals surface area contributed by atoms with Crippen molar-refractivity contribution >= 4 is 71.1 Å². The fourth-order valence-corrected chi connectivity index (χ4v) is 8.60. The van der Waals surface area contributed by atoms with Gasteiger partial charge in [-0.25, -0.2) is 0 Å². The number of anilines is 3. The Morgan fingerprint density at radius 3 is 1.70 bits per heavy atom. The lowest BCUT2D eigenvalue weighted by Crippen LogP contribution is -2.10. The van der Waals surface area contributed by atoms with Crippen molar-refractivity contribution in [1.82, 2.24) is 0 Å². The van der Waals surface area contributed by atoms with Crippen LogP contribution in [0.5, 0.6) is 0 Å². The summed E-state index contributed by atoms with van der Waals surface area (Å²) >= 11 is 0. The van der Waals surface area contributed by atoms with E-state index in [1.807, 2.05) is 6.07 Å². The number of para-hydroxylation sites is 1. The van der Waals surface area contributed by atoms with E-state index < -0.39 is 0 Å². The van der Waals surface area contributed by atoms with Crippen LogP contribution in [-0.4, -0.2) is 0 Å². The van der Waals surface area contributed by atoms with E-state index in [2.05, 4.69) is 211 Å². The standard InChI is InChI=1S/C54H35NO/c1-2-14-38(15-3-1)53-50-23-10-11-24-52(50)56-54(53)41-17-12-18-43(34-41)55(44-31-32-47-40(33-44)26-25-36-13-4-6-19-45(36)47)42-29-27-37(28-30-42)51-35-39-16-5-7-20-46(39)48-21-8-9-22-49(48)51/h1-35H. The maximum atomic E-state index is 6.70. The normalized spacial score (nSPS) is 11.6. The van der Waals surface area contributed by atoms with E-state index in [-0.39, 0.29) is 0 Å². The molecule has 1 aromatic heterocycles. The van der Waals surface area contributed by atoms with Crippen LogP contribution < -0.4 is 4.90 Å². The first kappa shape index (κ1) is 32.0. The van der Waals surface area contributed by atoms with Crippen molar-refractivity contribution in [2.75, 3.05) is 4.90 Å². The van der Waals surface area contributed by atoms with Gasteiger partial charge in [0.15, 0.2) is 0 Å². The number of nitrogens with zero attached hydrogens (tertiary/aromatic N) is 1. The molecule has 0 unspecified atom stereocenters. The van der Waals surface area contributed by atoms with Crippen molar-refractivity contribution < 1.29 is 4.42 Å². The number of hydrogen-bond acceptors (Lipinski definition) is 2. The average molecular weight is 714 g/mol. The fourth-order valence-electron chi connectivity index (χ4n) is 8.60. The lowest BCUT2D eigenvalue weighted by Gasteiger charge is -2.27. The molecule has 11 rings (SSSR count). The highest BCUT2D eigenvalue weighted by Crippen LogP contribution is 2.44. The summed E-state index contributed by atoms with van der Waals surface area (Å²) in [5.41, 5.74) is 9.76. The second-order valence-electron chi connectivity index (χ2n) is 14.5. The third-order valence-corrected chi connectivity index (χ3v) is 11.2. The van der Waals surface area contributed by atoms with Gasteiger partial charge in [-0.3, -0.25) is 0 Å². The minimum atomic E-state index is 0.864. The summed E-state index contributed by atoms with van der Waals surface area (Å²) < 4.78 is 6.70. The number of hydrogen-bond donors (Lipinski definition) is 0. The fraction of sp³-hybridized carbons (Fsp3) is 0. The van der Waals surface area contributed by atoms with Gasteiger partial charge >= 0.3 is 0 Å². The Labute approximate surface area is 325 Å². The van der Waals surface area contributed by atoms with Gasteiger partial charge in [0.1, 0.15) is 11.3 Å². The Hall–Kier alpha value is -7.42. The lowest BCUT2D eigenvalue weighted by atomic mass is 9.93. The van der Waals surface area contributed by atoms with E-state index in [0.717, 1.165) is 50.5 Å². The Kier molecular flexibility index (Phi) is 7.53. The first-order valence-corrected chi connectivity index (χ1v) is 19.2. The molecule has 0 aliphatic carbocycles. The second-order valence-corrected chi connectivity index (χ2v) is 14.5. The summed E-state index contributed by atoms with van der Waals surface area (Å²) in [6.45, 7) is 0. The third-order valence-electron chi connectivity index (χ3n) is 11.2. The van der Waals surface area contributed by atoms with Crippen LogP contribution in [0.2, 0.25) is 0 Å². The molecule has 0 fully saturated rings. The summed E-state index contributed by atoms with van der Waals surface area (Å²) in [4.78, 5) is 2.37. The van der Waals surface area contributed by atoms with Gasteiger partial charge in [-0.1, -0.05) is 164 Å². The van der Waals surface area contributed by atoms with E-state index in [1.165, 1.54) is 54.2 Å². The van der Waals surface area contributed by atoms with Crippen LogP contribution in [0.4, 0.5) is 17.1 Å². The van der Waals surface area contributed by atoms with E-state index in [1.54, 1.807) is 0 Å². The van der Waals surface area contributed by atoms with E-state index in [0.29, 0.717) is 0 Å². The van der Waals surface area contributed by atoms with Crippen molar-refractivity contribution in [3.8, 4) is 33.6 Å². The molecule has 0 saturated carbocycles. The zero-order valence-electron chi connectivity index (χ0n) is 30.6. The predicted octanol–water partition coefficient (Wildman–Crippen LogP) is 15.5. The largest absolute Gasteiger partial charge is 0.455 e. The molecule has 0 amide bonds. The Bertz CT molecular complexity index is 3250. The molecule has 0 saturated heterocycles. The SMILES string of the molecule is c1ccc(-c2c(-c3cccc(N(c4ccc(-c5cc6ccccc6c6ccccc56)cc4)c4ccc5c(ccc6ccccc65)c4)c3)oc3ccccc23)cc1. The smallest absolute Gasteiger partial charge is 0.143 e. The molecule has 0 radical (unpaired) electrons. The Morgan fingerprint density at radius 2 is 0.875 bits per heavy atom. The van der Waals surface area contributed by atoms with Gasteiger partial charge in [0, 0.05) is 33.6 Å². The molecule has 0 atom stereocenters. The highest BCUT2D eigenvalue weighted by atomic mass is 16.3. The Morgan fingerprint density at radius 1 is 0.304 bits per heavy atom. The summed E-state index contributed by atoms with van der Waals surface area (Å²) in [7, 11) is 0. The van der Waals surface area contributed by atoms with Crippen molar-refractivity contribution in [3.63, 3.8) is 0 Å². The average Bonchev–Trinajstić information content (AvgIpc) is 3.67. The summed E-state index contributed by atoms with van der Waals surface area (Å²) in [6, 6.07) is 76.4. The molecule has 0 bridgehead atoms. The van der Waals surface area contributed by atoms with Crippen molar-refractivity contribution in [2.45, 2.75) is 0 Å². The number of furan rings is 1. The molecule has 0 aliphatic heterocycles. The van der Waals surface area contributed by atoms with Crippen LogP contribution in [0.15, 0.2) is 217 Å². The van der Waals surface area contributed by atoms with Gasteiger partial charge in [-0.2, -0.15) is 0 Å². The van der Waals surface area contributed by atoms with Crippen LogP contribution in [-0.2, 0) is 0 Å². The van der Waals surface area contributed by atoms with Crippen LogP contribution in [0.3, 0.4) is 0 Å². The van der Waals surface area contributed by atoms with Crippen LogP contribution in [0.25, 0.3) is 87.6 Å². The monoisotopic (exact) mass is 713 g/mol. The van der Waals surface area contributed by atoms with Crippen molar-refractivity contribution in [3.05, 3.63) is 212 Å². The minimum Gasteiger partial charge on any atom is -0.455 e. The second kappa shape index (κ2) is 13.2. The molecule has 56 heavy (non-hydrogen) atoms. The number of benzene rings is 10. The summed E-state index contributed by atoms with van der Waals surface area (Å²) in [5, 5.41) is 11.1. The first-order chi connectivity index (χ1) is 27.8. The number of fused-ring (bicyclic) bond motifs is 7. The summed E-state index contributed by atoms with van der Waals surface area (Å²) in [6.07, 6.45) is 0. The Balaban J connectivity index is 1.09. The molecule has 2 nitrogen and oxygen atoms in total. The quantitative estimate of drug-likeness (QED) is 0.160. The van der Waals surface area contributed by atoms with Gasteiger partial charge in [-0.15, -0.1) is 0 Å². The molecule has 11 aromatic rings. The van der Waals surface area contributed by atoms with Gasteiger partial charge in [0.2, 0.25) is 0 Å². The topological polar surface area (TPSA) is 16.4 Å². The molecule has 10 aromatic carbocycles. The van der Waals surface area contributed by atoms with E-state index in [9.17, 15) is 0 Å². The van der Waals surface area contributed by atoms with Gasteiger partial charge in [0.25, 0.3) is 0 Å². The minimum absolute atomic E-state index is 0.864. The van der Waals surface area contributed by atoms with Gasteiger partial charge in [0.05, 0.1) is 0 Å².